The maximum absolute atomic E-state index is 3.15. The summed E-state index contributed by atoms with van der Waals surface area (Å²) >= 11 is 0. The second-order valence-corrected chi connectivity index (χ2v) is 15.2. The van der Waals surface area contributed by atoms with Gasteiger partial charge in [-0.3, -0.25) is 0 Å². The average molecular weight is 522 g/mol. The first kappa shape index (κ1) is 25.0. The highest BCUT2D eigenvalue weighted by Crippen LogP contribution is 2.77. The Labute approximate surface area is 225 Å². The Morgan fingerprint density at radius 1 is 0.486 bits per heavy atom. The van der Waals surface area contributed by atoms with E-state index in [-0.39, 0.29) is 0 Å². The van der Waals surface area contributed by atoms with Crippen LogP contribution in [0.5, 0.6) is 0 Å². The molecule has 1 aliphatic carbocycles. The molecular weight excluding hydrogens is 484 g/mol. The van der Waals surface area contributed by atoms with Crippen LogP contribution >= 0.6 is 16.1 Å². The van der Waals surface area contributed by atoms with E-state index >= 15 is 0 Å². The van der Waals surface area contributed by atoms with Crippen molar-refractivity contribution in [2.75, 3.05) is 0 Å². The summed E-state index contributed by atoms with van der Waals surface area (Å²) in [4.78, 5) is 0. The summed E-state index contributed by atoms with van der Waals surface area (Å²) in [6, 6.07) is 46.6. The minimum Gasteiger partial charge on any atom is -0.248 e. The Kier molecular flexibility index (Phi) is 8.14. The SMILES string of the molecule is c1ccc(C2CC[C@H](c3ccccc3)P2N(C2CCCCC2)P(c2ccccc2)c2ccccc2)cc1. The molecule has 2 fully saturated rings. The van der Waals surface area contributed by atoms with Crippen molar-refractivity contribution in [1.82, 2.24) is 4.44 Å². The van der Waals surface area contributed by atoms with Gasteiger partial charge in [-0.15, -0.1) is 0 Å². The van der Waals surface area contributed by atoms with Gasteiger partial charge in [-0.05, 0) is 55.5 Å². The predicted molar refractivity (Wildman–Crippen MR) is 162 cm³/mol. The van der Waals surface area contributed by atoms with E-state index in [0.717, 1.165) is 0 Å². The average Bonchev–Trinajstić information content (AvgIpc) is 3.43. The lowest BCUT2D eigenvalue weighted by Gasteiger charge is -2.48. The van der Waals surface area contributed by atoms with Crippen LogP contribution in [-0.2, 0) is 0 Å². The zero-order chi connectivity index (χ0) is 24.9. The van der Waals surface area contributed by atoms with Gasteiger partial charge in [0.2, 0.25) is 0 Å². The Morgan fingerprint density at radius 3 is 1.32 bits per heavy atom. The Morgan fingerprint density at radius 2 is 0.892 bits per heavy atom. The Bertz CT molecular complexity index is 1140. The molecule has 0 amide bonds. The molecular formula is C34H37NP2. The van der Waals surface area contributed by atoms with Gasteiger partial charge in [-0.1, -0.05) is 141 Å². The topological polar surface area (TPSA) is 3.24 Å². The van der Waals surface area contributed by atoms with Gasteiger partial charge < -0.3 is 0 Å². The zero-order valence-corrected chi connectivity index (χ0v) is 23.4. The smallest absolute Gasteiger partial charge is 0.0321 e. The zero-order valence-electron chi connectivity index (χ0n) is 21.6. The van der Waals surface area contributed by atoms with E-state index in [1.165, 1.54) is 55.6 Å². The number of rotatable bonds is 7. The van der Waals surface area contributed by atoms with Crippen LogP contribution in [0.4, 0.5) is 0 Å². The molecule has 3 atom stereocenters. The van der Waals surface area contributed by atoms with Crippen LogP contribution in [0.2, 0.25) is 0 Å². The minimum absolute atomic E-state index is 0.435. The van der Waals surface area contributed by atoms with Gasteiger partial charge in [0, 0.05) is 25.4 Å². The lowest BCUT2D eigenvalue weighted by atomic mass is 9.96. The molecule has 3 heteroatoms. The van der Waals surface area contributed by atoms with Crippen molar-refractivity contribution in [2.45, 2.75) is 62.3 Å². The van der Waals surface area contributed by atoms with Crippen molar-refractivity contribution in [2.24, 2.45) is 0 Å². The maximum atomic E-state index is 3.15. The molecule has 1 nitrogen and oxygen atoms in total. The highest BCUT2D eigenvalue weighted by Gasteiger charge is 2.46. The van der Waals surface area contributed by atoms with Crippen LogP contribution in [0.3, 0.4) is 0 Å². The van der Waals surface area contributed by atoms with E-state index in [1.807, 2.05) is 0 Å². The summed E-state index contributed by atoms with van der Waals surface area (Å²) in [7, 11) is -1.06. The van der Waals surface area contributed by atoms with Crippen LogP contribution in [0.25, 0.3) is 0 Å². The van der Waals surface area contributed by atoms with Crippen LogP contribution in [0.1, 0.15) is 67.4 Å². The number of hydrogen-bond donors (Lipinski definition) is 0. The van der Waals surface area contributed by atoms with E-state index in [2.05, 4.69) is 126 Å². The second-order valence-electron chi connectivity index (χ2n) is 10.4. The third kappa shape index (κ3) is 5.47. The molecule has 1 saturated heterocycles. The van der Waals surface area contributed by atoms with Crippen LogP contribution < -0.4 is 10.6 Å². The van der Waals surface area contributed by atoms with E-state index in [9.17, 15) is 0 Å². The third-order valence-electron chi connectivity index (χ3n) is 8.07. The lowest BCUT2D eigenvalue weighted by Crippen LogP contribution is -2.36. The van der Waals surface area contributed by atoms with E-state index in [0.29, 0.717) is 17.4 Å². The Hall–Kier alpha value is -2.30. The summed E-state index contributed by atoms with van der Waals surface area (Å²) in [5.41, 5.74) is 4.31. The quantitative estimate of drug-likeness (QED) is 0.219. The maximum Gasteiger partial charge on any atom is 0.0321 e. The van der Waals surface area contributed by atoms with Crippen molar-refractivity contribution >= 4 is 26.8 Å². The van der Waals surface area contributed by atoms with Crippen molar-refractivity contribution < 1.29 is 0 Å². The highest BCUT2D eigenvalue weighted by molar-refractivity contribution is 7.79. The van der Waals surface area contributed by atoms with Crippen molar-refractivity contribution in [3.63, 3.8) is 0 Å². The van der Waals surface area contributed by atoms with Gasteiger partial charge in [0.05, 0.1) is 0 Å². The number of benzene rings is 4. The first-order chi connectivity index (χ1) is 18.4. The fourth-order valence-electron chi connectivity index (χ4n) is 6.36. The van der Waals surface area contributed by atoms with E-state index in [1.54, 1.807) is 11.1 Å². The molecule has 1 heterocycles. The highest BCUT2D eigenvalue weighted by atomic mass is 31.2. The number of nitrogens with zero attached hydrogens (tertiary/aromatic N) is 1. The molecule has 2 aliphatic rings. The van der Waals surface area contributed by atoms with Gasteiger partial charge in [-0.2, -0.15) is 0 Å². The van der Waals surface area contributed by atoms with Crippen molar-refractivity contribution in [1.29, 1.82) is 0 Å². The molecule has 2 unspecified atom stereocenters. The summed E-state index contributed by atoms with van der Waals surface area (Å²) in [5.74, 6) is 0. The van der Waals surface area contributed by atoms with Crippen LogP contribution in [0, 0.1) is 0 Å². The molecule has 0 spiro atoms. The number of hydrogen-bond acceptors (Lipinski definition) is 1. The van der Waals surface area contributed by atoms with Gasteiger partial charge in [0.15, 0.2) is 0 Å². The summed E-state index contributed by atoms with van der Waals surface area (Å²) in [5, 5.41) is 3.00. The fraction of sp³-hybridized carbons (Fsp3) is 0.294. The second kappa shape index (κ2) is 12.0. The standard InChI is InChI=1S/C34H37NP2/c1-6-16-28(17-7-1)33-26-27-34(29-18-8-2-9-19-29)37(33)35(30-20-10-3-11-21-30)36(31-22-12-4-13-23-31)32-24-14-5-15-25-32/h1-2,4-9,12-19,22-25,30,33-34H,3,10-11,20-21,26-27H2/t33-,34?,37?/m1/s1. The minimum atomic E-state index is -0.620. The van der Waals surface area contributed by atoms with Crippen molar-refractivity contribution in [3.05, 3.63) is 132 Å². The van der Waals surface area contributed by atoms with E-state index in [4.69, 9.17) is 0 Å². The molecule has 0 N–H and O–H groups in total. The molecule has 188 valence electrons. The summed E-state index contributed by atoms with van der Waals surface area (Å²) in [6.07, 6.45) is 9.35. The van der Waals surface area contributed by atoms with Gasteiger partial charge in [0.1, 0.15) is 0 Å². The van der Waals surface area contributed by atoms with Crippen LogP contribution in [0.15, 0.2) is 121 Å². The van der Waals surface area contributed by atoms with Gasteiger partial charge in [-0.25, -0.2) is 4.44 Å². The molecule has 0 aromatic heterocycles. The monoisotopic (exact) mass is 521 g/mol. The molecule has 1 aliphatic heterocycles. The lowest BCUT2D eigenvalue weighted by molar-refractivity contribution is 0.351. The third-order valence-corrected chi connectivity index (χ3v) is 14.7. The molecule has 6 rings (SSSR count). The predicted octanol–water partition coefficient (Wildman–Crippen LogP) is 9.34. The molecule has 0 radical (unpaired) electrons. The molecule has 1 saturated carbocycles. The summed E-state index contributed by atoms with van der Waals surface area (Å²) in [6.45, 7) is 0. The first-order valence-electron chi connectivity index (χ1n) is 14.0. The molecule has 4 aromatic rings. The Balaban J connectivity index is 1.54. The van der Waals surface area contributed by atoms with Gasteiger partial charge in [0.25, 0.3) is 0 Å². The van der Waals surface area contributed by atoms with Crippen molar-refractivity contribution in [3.8, 4) is 0 Å². The summed E-state index contributed by atoms with van der Waals surface area (Å²) < 4.78 is 3.15. The normalized spacial score (nSPS) is 22.5. The molecule has 0 bridgehead atoms. The largest absolute Gasteiger partial charge is 0.248 e. The van der Waals surface area contributed by atoms with Crippen LogP contribution in [-0.4, -0.2) is 10.5 Å². The molecule has 37 heavy (non-hydrogen) atoms. The van der Waals surface area contributed by atoms with E-state index < -0.39 is 16.1 Å². The fourth-order valence-corrected chi connectivity index (χ4v) is 14.2. The van der Waals surface area contributed by atoms with Gasteiger partial charge >= 0.3 is 0 Å². The first-order valence-corrected chi connectivity index (χ1v) is 16.7. The molecule has 4 aromatic carbocycles.